The Morgan fingerprint density at radius 1 is 0.968 bits per heavy atom. The highest BCUT2D eigenvalue weighted by Crippen LogP contribution is 2.33. The summed E-state index contributed by atoms with van der Waals surface area (Å²) >= 11 is 0. The number of imide groups is 1. The van der Waals surface area contributed by atoms with Gasteiger partial charge in [0.25, 0.3) is 11.8 Å². The van der Waals surface area contributed by atoms with E-state index in [9.17, 15) is 9.59 Å². The number of hydrogen-bond acceptors (Lipinski definition) is 5. The van der Waals surface area contributed by atoms with Gasteiger partial charge in [-0.15, -0.1) is 0 Å². The van der Waals surface area contributed by atoms with Crippen molar-refractivity contribution in [2.75, 3.05) is 12.4 Å². The second kappa shape index (κ2) is 8.44. The van der Waals surface area contributed by atoms with Gasteiger partial charge in [-0.25, -0.2) is 0 Å². The summed E-state index contributed by atoms with van der Waals surface area (Å²) in [4.78, 5) is 32.1. The Hall–Kier alpha value is -3.93. The Morgan fingerprint density at radius 3 is 2.42 bits per heavy atom. The number of rotatable bonds is 6. The molecule has 0 aliphatic carbocycles. The van der Waals surface area contributed by atoms with Crippen molar-refractivity contribution in [3.8, 4) is 5.75 Å². The molecule has 3 aromatic rings. The van der Waals surface area contributed by atoms with Crippen LogP contribution in [0.4, 0.5) is 5.69 Å². The molecule has 1 aliphatic heterocycles. The molecule has 0 spiro atoms. The van der Waals surface area contributed by atoms with Crippen molar-refractivity contribution < 1.29 is 14.3 Å². The predicted molar refractivity (Wildman–Crippen MR) is 119 cm³/mol. The Kier molecular flexibility index (Phi) is 5.54. The van der Waals surface area contributed by atoms with E-state index in [1.807, 2.05) is 38.1 Å². The number of amides is 2. The largest absolute Gasteiger partial charge is 0.497 e. The molecule has 0 bridgehead atoms. The van der Waals surface area contributed by atoms with E-state index >= 15 is 0 Å². The number of nitrogens with one attached hydrogen (secondary N) is 1. The van der Waals surface area contributed by atoms with Crippen LogP contribution >= 0.6 is 0 Å². The maximum absolute atomic E-state index is 13.4. The first kappa shape index (κ1) is 20.3. The fourth-order valence-electron chi connectivity index (χ4n) is 3.56. The molecule has 31 heavy (non-hydrogen) atoms. The second-order valence-electron chi connectivity index (χ2n) is 7.41. The molecule has 2 heterocycles. The number of aromatic nitrogens is 1. The van der Waals surface area contributed by atoms with Crippen LogP contribution in [0.2, 0.25) is 0 Å². The van der Waals surface area contributed by atoms with Crippen LogP contribution in [0.15, 0.2) is 72.7 Å². The fourth-order valence-corrected chi connectivity index (χ4v) is 3.56. The number of aryl methyl sites for hydroxylation is 1. The number of carbonyl (C=O) groups excluding carboxylic acids is 2. The van der Waals surface area contributed by atoms with Crippen LogP contribution in [-0.4, -0.2) is 28.8 Å². The van der Waals surface area contributed by atoms with Crippen molar-refractivity contribution in [3.63, 3.8) is 0 Å². The molecule has 156 valence electrons. The van der Waals surface area contributed by atoms with Crippen LogP contribution in [0.5, 0.6) is 5.75 Å². The fraction of sp³-hybridized carbons (Fsp3) is 0.160. The molecule has 0 radical (unpaired) electrons. The van der Waals surface area contributed by atoms with E-state index in [1.165, 1.54) is 4.90 Å². The maximum Gasteiger partial charge on any atom is 0.278 e. The lowest BCUT2D eigenvalue weighted by Crippen LogP contribution is -2.32. The van der Waals surface area contributed by atoms with Crippen LogP contribution in [0.25, 0.3) is 5.57 Å². The highest BCUT2D eigenvalue weighted by molar-refractivity contribution is 6.36. The van der Waals surface area contributed by atoms with Crippen molar-refractivity contribution in [3.05, 3.63) is 94.9 Å². The van der Waals surface area contributed by atoms with Gasteiger partial charge < -0.3 is 10.1 Å². The Labute approximate surface area is 181 Å². The molecule has 0 saturated carbocycles. The van der Waals surface area contributed by atoms with Crippen molar-refractivity contribution >= 4 is 23.1 Å². The summed E-state index contributed by atoms with van der Waals surface area (Å²) in [6.45, 7) is 4.15. The van der Waals surface area contributed by atoms with Gasteiger partial charge in [-0.2, -0.15) is 0 Å². The summed E-state index contributed by atoms with van der Waals surface area (Å²) in [7, 11) is 1.58. The molecule has 0 saturated heterocycles. The van der Waals surface area contributed by atoms with E-state index in [4.69, 9.17) is 4.74 Å². The molecule has 4 rings (SSSR count). The third-order valence-corrected chi connectivity index (χ3v) is 5.47. The van der Waals surface area contributed by atoms with Crippen molar-refractivity contribution in [1.82, 2.24) is 9.88 Å². The summed E-state index contributed by atoms with van der Waals surface area (Å²) in [6.07, 6.45) is 3.31. The number of pyridine rings is 1. The predicted octanol–water partition coefficient (Wildman–Crippen LogP) is 4.10. The molecule has 6 nitrogen and oxygen atoms in total. The first-order chi connectivity index (χ1) is 15.0. The van der Waals surface area contributed by atoms with Gasteiger partial charge in [-0.05, 0) is 60.4 Å². The zero-order chi connectivity index (χ0) is 22.0. The number of benzene rings is 2. The molecule has 0 atom stereocenters. The van der Waals surface area contributed by atoms with Gasteiger partial charge in [0.1, 0.15) is 11.4 Å². The van der Waals surface area contributed by atoms with E-state index < -0.39 is 0 Å². The van der Waals surface area contributed by atoms with Gasteiger partial charge in [0, 0.05) is 18.1 Å². The van der Waals surface area contributed by atoms with Gasteiger partial charge >= 0.3 is 0 Å². The van der Waals surface area contributed by atoms with Gasteiger partial charge in [0.15, 0.2) is 0 Å². The zero-order valence-corrected chi connectivity index (χ0v) is 17.7. The molecule has 0 unspecified atom stereocenters. The van der Waals surface area contributed by atoms with Crippen LogP contribution in [0, 0.1) is 13.8 Å². The molecule has 2 aromatic carbocycles. The molecule has 1 N–H and O–H groups in total. The Morgan fingerprint density at radius 2 is 1.74 bits per heavy atom. The summed E-state index contributed by atoms with van der Waals surface area (Å²) in [5, 5.41) is 3.24. The number of methoxy groups -OCH3 is 1. The SMILES string of the molecule is COc1ccc(C2=C(Nc3cccc(C)c3C)C(=O)N(Cc3cccnc3)C2=O)cc1. The number of carbonyl (C=O) groups is 2. The molecule has 2 amide bonds. The van der Waals surface area contributed by atoms with Crippen LogP contribution in [0.3, 0.4) is 0 Å². The monoisotopic (exact) mass is 413 g/mol. The van der Waals surface area contributed by atoms with Crippen molar-refractivity contribution in [1.29, 1.82) is 0 Å². The first-order valence-corrected chi connectivity index (χ1v) is 9.96. The van der Waals surface area contributed by atoms with E-state index in [-0.39, 0.29) is 24.1 Å². The number of nitrogens with zero attached hydrogens (tertiary/aromatic N) is 2. The van der Waals surface area contributed by atoms with Crippen molar-refractivity contribution in [2.45, 2.75) is 20.4 Å². The Bertz CT molecular complexity index is 1170. The van der Waals surface area contributed by atoms with Crippen LogP contribution < -0.4 is 10.1 Å². The lowest BCUT2D eigenvalue weighted by Gasteiger charge is -2.16. The summed E-state index contributed by atoms with van der Waals surface area (Å²) < 4.78 is 5.23. The van der Waals surface area contributed by atoms with Gasteiger partial charge in [-0.1, -0.05) is 30.3 Å². The zero-order valence-electron chi connectivity index (χ0n) is 17.7. The summed E-state index contributed by atoms with van der Waals surface area (Å²) in [5.41, 5.74) is 4.97. The molecule has 6 heteroatoms. The number of ether oxygens (including phenoxy) is 1. The number of anilines is 1. The average Bonchev–Trinajstić information content (AvgIpc) is 3.02. The summed E-state index contributed by atoms with van der Waals surface area (Å²) in [6, 6.07) is 16.6. The quantitative estimate of drug-likeness (QED) is 0.616. The first-order valence-electron chi connectivity index (χ1n) is 9.96. The highest BCUT2D eigenvalue weighted by Gasteiger charge is 2.39. The molecular formula is C25H23N3O3. The normalized spacial score (nSPS) is 13.7. The minimum atomic E-state index is -0.361. The highest BCUT2D eigenvalue weighted by atomic mass is 16.5. The van der Waals surface area contributed by atoms with Gasteiger partial charge in [0.05, 0.1) is 19.2 Å². The van der Waals surface area contributed by atoms with Gasteiger partial charge in [-0.3, -0.25) is 19.5 Å². The average molecular weight is 413 g/mol. The third kappa shape index (κ3) is 3.92. The van der Waals surface area contributed by atoms with Crippen LogP contribution in [-0.2, 0) is 16.1 Å². The maximum atomic E-state index is 13.4. The smallest absolute Gasteiger partial charge is 0.278 e. The molecular weight excluding hydrogens is 390 g/mol. The van der Waals surface area contributed by atoms with Crippen molar-refractivity contribution in [2.24, 2.45) is 0 Å². The summed E-state index contributed by atoms with van der Waals surface area (Å²) in [5.74, 6) is -0.0234. The topological polar surface area (TPSA) is 71.5 Å². The van der Waals surface area contributed by atoms with Crippen LogP contribution in [0.1, 0.15) is 22.3 Å². The van der Waals surface area contributed by atoms with E-state index in [2.05, 4.69) is 10.3 Å². The number of hydrogen-bond donors (Lipinski definition) is 1. The molecule has 1 aromatic heterocycles. The molecule has 1 aliphatic rings. The van der Waals surface area contributed by atoms with Gasteiger partial charge in [0.2, 0.25) is 0 Å². The second-order valence-corrected chi connectivity index (χ2v) is 7.41. The van der Waals surface area contributed by atoms with E-state index in [1.54, 1.807) is 49.8 Å². The lowest BCUT2D eigenvalue weighted by molar-refractivity contribution is -0.137. The minimum Gasteiger partial charge on any atom is -0.497 e. The standard InChI is InChI=1S/C25H23N3O3/c1-16-6-4-8-21(17(16)2)27-23-22(19-9-11-20(31-3)12-10-19)24(29)28(25(23)30)15-18-7-5-13-26-14-18/h4-14,27H,15H2,1-3H3. The lowest BCUT2D eigenvalue weighted by atomic mass is 10.0. The minimum absolute atomic E-state index is 0.156. The van der Waals surface area contributed by atoms with E-state index in [0.29, 0.717) is 16.9 Å². The Balaban J connectivity index is 1.77. The third-order valence-electron chi connectivity index (χ3n) is 5.47. The molecule has 0 fully saturated rings. The van der Waals surface area contributed by atoms with E-state index in [0.717, 1.165) is 22.4 Å².